The first kappa shape index (κ1) is 16.8. The topological polar surface area (TPSA) is 60.0 Å². The van der Waals surface area contributed by atoms with Crippen molar-refractivity contribution >= 4 is 5.91 Å². The van der Waals surface area contributed by atoms with Crippen LogP contribution in [0.25, 0.3) is 5.69 Å². The van der Waals surface area contributed by atoms with Crippen LogP contribution in [0.3, 0.4) is 0 Å². The normalized spacial score (nSPS) is 20.8. The number of amides is 1. The smallest absolute Gasteiger partial charge is 0.253 e. The van der Waals surface area contributed by atoms with Crippen LogP contribution >= 0.6 is 0 Å². The highest BCUT2D eigenvalue weighted by atomic mass is 16.1. The summed E-state index contributed by atoms with van der Waals surface area (Å²) in [6.07, 6.45) is 3.94. The molecule has 0 aliphatic heterocycles. The monoisotopic (exact) mass is 325 g/mol. The second-order valence-corrected chi connectivity index (χ2v) is 7.04. The summed E-state index contributed by atoms with van der Waals surface area (Å²) in [5, 5.41) is 3.19. The van der Waals surface area contributed by atoms with Crippen molar-refractivity contribution in [2.75, 3.05) is 0 Å². The molecule has 1 fully saturated rings. The zero-order valence-corrected chi connectivity index (χ0v) is 14.8. The molecule has 1 aromatic carbocycles. The Balaban J connectivity index is 1.82. The molecule has 0 unspecified atom stereocenters. The molecule has 128 valence electrons. The number of hydrogen-bond donors (Lipinski definition) is 2. The Labute approximate surface area is 144 Å². The van der Waals surface area contributed by atoms with Gasteiger partial charge in [-0.05, 0) is 70.2 Å². The lowest BCUT2D eigenvalue weighted by Gasteiger charge is -2.26. The molecule has 1 saturated carbocycles. The van der Waals surface area contributed by atoms with Crippen molar-refractivity contribution in [1.82, 2.24) is 9.88 Å². The van der Waals surface area contributed by atoms with E-state index in [2.05, 4.69) is 41.1 Å². The summed E-state index contributed by atoms with van der Waals surface area (Å²) >= 11 is 0. The third-order valence-corrected chi connectivity index (χ3v) is 5.04. The van der Waals surface area contributed by atoms with Crippen LogP contribution in [-0.2, 0) is 0 Å². The van der Waals surface area contributed by atoms with Crippen LogP contribution in [0.2, 0.25) is 0 Å². The van der Waals surface area contributed by atoms with Gasteiger partial charge < -0.3 is 15.6 Å². The molecule has 2 aromatic rings. The Morgan fingerprint density at radius 3 is 2.50 bits per heavy atom. The quantitative estimate of drug-likeness (QED) is 0.908. The van der Waals surface area contributed by atoms with Crippen molar-refractivity contribution < 1.29 is 4.79 Å². The maximum atomic E-state index is 12.7. The standard InChI is InChI=1S/C20H27N3O/c1-13-5-4-6-18(11-13)23-14(2)12-19(15(23)3)20(24)22-17-9-7-16(21)8-10-17/h4-6,11-12,16-17H,7-10,21H2,1-3H3,(H,22,24). The van der Waals surface area contributed by atoms with E-state index in [1.54, 1.807) is 0 Å². The number of nitrogens with two attached hydrogens (primary N) is 1. The maximum absolute atomic E-state index is 12.7. The Morgan fingerprint density at radius 2 is 1.83 bits per heavy atom. The SMILES string of the molecule is Cc1cccc(-n2c(C)cc(C(=O)NC3CCC(N)CC3)c2C)c1. The van der Waals surface area contributed by atoms with E-state index < -0.39 is 0 Å². The van der Waals surface area contributed by atoms with Crippen LogP contribution in [0.5, 0.6) is 0 Å². The predicted molar refractivity (Wildman–Crippen MR) is 97.7 cm³/mol. The zero-order valence-electron chi connectivity index (χ0n) is 14.8. The Morgan fingerprint density at radius 1 is 1.12 bits per heavy atom. The van der Waals surface area contributed by atoms with E-state index in [1.807, 2.05) is 19.9 Å². The molecule has 0 radical (unpaired) electrons. The first-order valence-electron chi connectivity index (χ1n) is 8.78. The predicted octanol–water partition coefficient (Wildman–Crippen LogP) is 3.40. The molecule has 0 bridgehead atoms. The molecule has 3 rings (SSSR count). The molecule has 0 spiro atoms. The molecule has 1 aliphatic rings. The Hall–Kier alpha value is -2.07. The molecule has 1 aromatic heterocycles. The van der Waals surface area contributed by atoms with Gasteiger partial charge in [-0.15, -0.1) is 0 Å². The minimum Gasteiger partial charge on any atom is -0.349 e. The summed E-state index contributed by atoms with van der Waals surface area (Å²) in [5.74, 6) is 0.0301. The lowest BCUT2D eigenvalue weighted by atomic mass is 9.91. The second kappa shape index (κ2) is 6.81. The lowest BCUT2D eigenvalue weighted by Crippen LogP contribution is -2.40. The average Bonchev–Trinajstić information content (AvgIpc) is 2.84. The average molecular weight is 325 g/mol. The zero-order chi connectivity index (χ0) is 17.3. The van der Waals surface area contributed by atoms with Gasteiger partial charge in [0.1, 0.15) is 0 Å². The number of benzene rings is 1. The fraction of sp³-hybridized carbons (Fsp3) is 0.450. The summed E-state index contributed by atoms with van der Waals surface area (Å²) in [6, 6.07) is 10.9. The molecular formula is C20H27N3O. The van der Waals surface area contributed by atoms with Crippen LogP contribution in [0.1, 0.15) is 53.0 Å². The van der Waals surface area contributed by atoms with E-state index in [1.165, 1.54) is 5.56 Å². The minimum absolute atomic E-state index is 0.0301. The number of nitrogens with zero attached hydrogens (tertiary/aromatic N) is 1. The molecule has 0 atom stereocenters. The van der Waals surface area contributed by atoms with Crippen molar-refractivity contribution in [3.63, 3.8) is 0 Å². The molecule has 4 heteroatoms. The molecule has 24 heavy (non-hydrogen) atoms. The summed E-state index contributed by atoms with van der Waals surface area (Å²) in [6.45, 7) is 6.14. The molecule has 1 amide bonds. The van der Waals surface area contributed by atoms with Gasteiger partial charge in [0.2, 0.25) is 0 Å². The summed E-state index contributed by atoms with van der Waals surface area (Å²) in [7, 11) is 0. The highest BCUT2D eigenvalue weighted by Crippen LogP contribution is 2.23. The van der Waals surface area contributed by atoms with Crippen LogP contribution < -0.4 is 11.1 Å². The maximum Gasteiger partial charge on any atom is 0.253 e. The first-order valence-corrected chi connectivity index (χ1v) is 8.78. The highest BCUT2D eigenvalue weighted by molar-refractivity contribution is 5.96. The van der Waals surface area contributed by atoms with Crippen LogP contribution in [0.4, 0.5) is 0 Å². The number of carbonyl (C=O) groups excluding carboxylic acids is 1. The van der Waals surface area contributed by atoms with E-state index in [0.717, 1.165) is 48.3 Å². The number of rotatable bonds is 3. The summed E-state index contributed by atoms with van der Waals surface area (Å²) in [5.41, 5.74) is 11.1. The molecule has 1 heterocycles. The van der Waals surface area contributed by atoms with Crippen molar-refractivity contribution in [2.24, 2.45) is 5.73 Å². The fourth-order valence-electron chi connectivity index (χ4n) is 3.68. The number of hydrogen-bond acceptors (Lipinski definition) is 2. The van der Waals surface area contributed by atoms with Gasteiger partial charge in [-0.3, -0.25) is 4.79 Å². The van der Waals surface area contributed by atoms with Crippen molar-refractivity contribution in [3.05, 3.63) is 52.8 Å². The highest BCUT2D eigenvalue weighted by Gasteiger charge is 2.23. The van der Waals surface area contributed by atoms with Gasteiger partial charge in [0.15, 0.2) is 0 Å². The Bertz CT molecular complexity index is 739. The van der Waals surface area contributed by atoms with Gasteiger partial charge >= 0.3 is 0 Å². The van der Waals surface area contributed by atoms with Gasteiger partial charge in [-0.2, -0.15) is 0 Å². The van der Waals surface area contributed by atoms with Crippen LogP contribution in [0.15, 0.2) is 30.3 Å². The van der Waals surface area contributed by atoms with Gasteiger partial charge in [-0.1, -0.05) is 12.1 Å². The van der Waals surface area contributed by atoms with Crippen molar-refractivity contribution in [3.8, 4) is 5.69 Å². The van der Waals surface area contributed by atoms with Gasteiger partial charge in [0.25, 0.3) is 5.91 Å². The third-order valence-electron chi connectivity index (χ3n) is 5.04. The van der Waals surface area contributed by atoms with Gasteiger partial charge in [0, 0.05) is 29.2 Å². The first-order chi connectivity index (χ1) is 11.5. The summed E-state index contributed by atoms with van der Waals surface area (Å²) < 4.78 is 2.15. The third kappa shape index (κ3) is 3.39. The minimum atomic E-state index is 0.0301. The van der Waals surface area contributed by atoms with E-state index in [9.17, 15) is 4.79 Å². The second-order valence-electron chi connectivity index (χ2n) is 7.04. The van der Waals surface area contributed by atoms with Crippen LogP contribution in [-0.4, -0.2) is 22.6 Å². The van der Waals surface area contributed by atoms with E-state index in [0.29, 0.717) is 6.04 Å². The van der Waals surface area contributed by atoms with E-state index in [-0.39, 0.29) is 11.9 Å². The molecule has 0 saturated heterocycles. The van der Waals surface area contributed by atoms with Gasteiger partial charge in [0.05, 0.1) is 5.56 Å². The number of aromatic nitrogens is 1. The fourth-order valence-corrected chi connectivity index (χ4v) is 3.68. The number of nitrogens with one attached hydrogen (secondary N) is 1. The molecule has 4 nitrogen and oxygen atoms in total. The molecule has 1 aliphatic carbocycles. The largest absolute Gasteiger partial charge is 0.349 e. The van der Waals surface area contributed by atoms with Crippen molar-refractivity contribution in [2.45, 2.75) is 58.5 Å². The van der Waals surface area contributed by atoms with E-state index >= 15 is 0 Å². The summed E-state index contributed by atoms with van der Waals surface area (Å²) in [4.78, 5) is 12.7. The van der Waals surface area contributed by atoms with Crippen molar-refractivity contribution in [1.29, 1.82) is 0 Å². The van der Waals surface area contributed by atoms with E-state index in [4.69, 9.17) is 5.73 Å². The molecule has 3 N–H and O–H groups in total. The number of carbonyl (C=O) groups is 1. The number of aryl methyl sites for hydroxylation is 2. The lowest BCUT2D eigenvalue weighted by molar-refractivity contribution is 0.0925. The Kier molecular flexibility index (Phi) is 4.76. The van der Waals surface area contributed by atoms with Crippen LogP contribution in [0, 0.1) is 20.8 Å². The molecular weight excluding hydrogens is 298 g/mol. The van der Waals surface area contributed by atoms with Gasteiger partial charge in [-0.25, -0.2) is 0 Å².